The van der Waals surface area contributed by atoms with Crippen LogP contribution in [0.4, 0.5) is 5.69 Å². The normalized spacial score (nSPS) is 18.1. The fourth-order valence-electron chi connectivity index (χ4n) is 4.52. The molecule has 2 aromatic carbocycles. The Hall–Kier alpha value is -2.28. The van der Waals surface area contributed by atoms with Crippen LogP contribution in [0.1, 0.15) is 24.1 Å². The summed E-state index contributed by atoms with van der Waals surface area (Å²) in [6.45, 7) is 0.993. The molecule has 2 aliphatic rings. The summed E-state index contributed by atoms with van der Waals surface area (Å²) < 4.78 is 29.7. The molecular formula is C22H22ClN3O2S. The first-order valence-corrected chi connectivity index (χ1v) is 11.7. The second-order valence-corrected chi connectivity index (χ2v) is 10.2. The van der Waals surface area contributed by atoms with Gasteiger partial charge in [0.15, 0.2) is 0 Å². The molecule has 150 valence electrons. The van der Waals surface area contributed by atoms with Crippen LogP contribution >= 0.6 is 11.6 Å². The standard InChI is InChI=1S/C22H22ClN3O2S/c23-18-8-9-19-20(15-18)26-12-4-7-21(26)22(24-19)10-13-25(14-11-22)29(27,28)16-17-5-2-1-3-6-17/h1-9,12,15,24H,10-11,13-14,16H2. The molecule has 1 spiro atoms. The third-order valence-electron chi connectivity index (χ3n) is 5.99. The van der Waals surface area contributed by atoms with Gasteiger partial charge < -0.3 is 9.88 Å². The largest absolute Gasteiger partial charge is 0.372 e. The number of hydrogen-bond acceptors (Lipinski definition) is 3. The molecule has 7 heteroatoms. The minimum absolute atomic E-state index is 0.0476. The summed E-state index contributed by atoms with van der Waals surface area (Å²) in [7, 11) is -3.34. The number of piperidine rings is 1. The second kappa shape index (κ2) is 6.90. The van der Waals surface area contributed by atoms with Crippen molar-refractivity contribution in [2.45, 2.75) is 24.1 Å². The zero-order valence-corrected chi connectivity index (χ0v) is 17.5. The minimum Gasteiger partial charge on any atom is -0.372 e. The number of aromatic nitrogens is 1. The lowest BCUT2D eigenvalue weighted by Crippen LogP contribution is -2.51. The Morgan fingerprint density at radius 1 is 1.00 bits per heavy atom. The summed E-state index contributed by atoms with van der Waals surface area (Å²) >= 11 is 6.21. The average molecular weight is 428 g/mol. The van der Waals surface area contributed by atoms with Crippen molar-refractivity contribution in [1.82, 2.24) is 8.87 Å². The smallest absolute Gasteiger partial charge is 0.218 e. The highest BCUT2D eigenvalue weighted by Gasteiger charge is 2.43. The molecule has 0 unspecified atom stereocenters. The monoisotopic (exact) mass is 427 g/mol. The van der Waals surface area contributed by atoms with Gasteiger partial charge in [0.2, 0.25) is 10.0 Å². The van der Waals surface area contributed by atoms with Gasteiger partial charge in [-0.2, -0.15) is 0 Å². The minimum atomic E-state index is -3.34. The van der Waals surface area contributed by atoms with Crippen molar-refractivity contribution in [3.63, 3.8) is 0 Å². The van der Waals surface area contributed by atoms with Crippen LogP contribution in [-0.2, 0) is 21.3 Å². The predicted molar refractivity (Wildman–Crippen MR) is 116 cm³/mol. The zero-order valence-electron chi connectivity index (χ0n) is 15.9. The molecule has 0 radical (unpaired) electrons. The number of nitrogens with one attached hydrogen (secondary N) is 1. The molecule has 0 amide bonds. The molecule has 1 saturated heterocycles. The van der Waals surface area contributed by atoms with E-state index in [4.69, 9.17) is 11.6 Å². The fraction of sp³-hybridized carbons (Fsp3) is 0.273. The topological polar surface area (TPSA) is 54.3 Å². The molecule has 5 rings (SSSR count). The van der Waals surface area contributed by atoms with Crippen molar-refractivity contribution in [3.05, 3.63) is 83.1 Å². The van der Waals surface area contributed by atoms with Crippen molar-refractivity contribution in [3.8, 4) is 5.69 Å². The lowest BCUT2D eigenvalue weighted by Gasteiger charge is -2.46. The van der Waals surface area contributed by atoms with Crippen LogP contribution in [0.25, 0.3) is 5.69 Å². The van der Waals surface area contributed by atoms with E-state index >= 15 is 0 Å². The summed E-state index contributed by atoms with van der Waals surface area (Å²) in [5.74, 6) is 0.0476. The molecule has 0 aliphatic carbocycles. The van der Waals surface area contributed by atoms with E-state index in [0.29, 0.717) is 31.0 Å². The highest BCUT2D eigenvalue weighted by Crippen LogP contribution is 2.44. The number of halogens is 1. The van der Waals surface area contributed by atoms with Crippen molar-refractivity contribution in [2.24, 2.45) is 0 Å². The van der Waals surface area contributed by atoms with Crippen molar-refractivity contribution in [2.75, 3.05) is 18.4 Å². The fourth-order valence-corrected chi connectivity index (χ4v) is 6.22. The third-order valence-corrected chi connectivity index (χ3v) is 8.08. The van der Waals surface area contributed by atoms with Gasteiger partial charge in [0, 0.05) is 30.0 Å². The third kappa shape index (κ3) is 3.25. The van der Waals surface area contributed by atoms with Gasteiger partial charge >= 0.3 is 0 Å². The molecule has 0 saturated carbocycles. The first-order chi connectivity index (χ1) is 14.0. The van der Waals surface area contributed by atoms with Crippen LogP contribution in [0.3, 0.4) is 0 Å². The van der Waals surface area contributed by atoms with E-state index in [1.807, 2.05) is 60.8 Å². The SMILES string of the molecule is O=S(=O)(Cc1ccccc1)N1CCC2(CC1)Nc1ccc(Cl)cc1-n1cccc12. The van der Waals surface area contributed by atoms with Gasteiger partial charge in [-0.15, -0.1) is 0 Å². The van der Waals surface area contributed by atoms with Crippen LogP contribution in [0.15, 0.2) is 66.9 Å². The molecular weight excluding hydrogens is 406 g/mol. The Bertz CT molecular complexity index is 1150. The Kier molecular flexibility index (Phi) is 4.46. The first-order valence-electron chi connectivity index (χ1n) is 9.75. The molecule has 29 heavy (non-hydrogen) atoms. The van der Waals surface area contributed by atoms with E-state index in [-0.39, 0.29) is 11.3 Å². The second-order valence-electron chi connectivity index (χ2n) is 7.77. The Labute approximate surface area is 176 Å². The summed E-state index contributed by atoms with van der Waals surface area (Å²) in [6.07, 6.45) is 3.48. The molecule has 2 aliphatic heterocycles. The zero-order chi connectivity index (χ0) is 20.1. The van der Waals surface area contributed by atoms with Gasteiger partial charge in [-0.05, 0) is 48.7 Å². The van der Waals surface area contributed by atoms with Crippen LogP contribution in [0.2, 0.25) is 5.02 Å². The van der Waals surface area contributed by atoms with Crippen molar-refractivity contribution in [1.29, 1.82) is 0 Å². The molecule has 3 aromatic rings. The molecule has 1 aromatic heterocycles. The van der Waals surface area contributed by atoms with E-state index in [1.54, 1.807) is 4.31 Å². The van der Waals surface area contributed by atoms with Gasteiger partial charge in [-0.25, -0.2) is 12.7 Å². The molecule has 1 fully saturated rings. The predicted octanol–water partition coefficient (Wildman–Crippen LogP) is 4.38. The molecule has 5 nitrogen and oxygen atoms in total. The Balaban J connectivity index is 1.40. The number of benzene rings is 2. The maximum absolute atomic E-state index is 12.9. The van der Waals surface area contributed by atoms with E-state index < -0.39 is 10.0 Å². The Morgan fingerprint density at radius 2 is 1.76 bits per heavy atom. The van der Waals surface area contributed by atoms with Gasteiger partial charge in [0.1, 0.15) is 0 Å². The number of rotatable bonds is 3. The lowest BCUT2D eigenvalue weighted by atomic mass is 9.83. The summed E-state index contributed by atoms with van der Waals surface area (Å²) in [6, 6.07) is 19.4. The maximum Gasteiger partial charge on any atom is 0.218 e. The lowest BCUT2D eigenvalue weighted by molar-refractivity contribution is 0.247. The quantitative estimate of drug-likeness (QED) is 0.675. The van der Waals surface area contributed by atoms with Crippen LogP contribution in [0, 0.1) is 0 Å². The first kappa shape index (κ1) is 18.7. The van der Waals surface area contributed by atoms with Crippen LogP contribution in [0.5, 0.6) is 0 Å². The van der Waals surface area contributed by atoms with Gasteiger partial charge in [-0.3, -0.25) is 0 Å². The molecule has 3 heterocycles. The van der Waals surface area contributed by atoms with Gasteiger partial charge in [-0.1, -0.05) is 41.9 Å². The number of anilines is 1. The van der Waals surface area contributed by atoms with Gasteiger partial charge in [0.05, 0.1) is 22.7 Å². The van der Waals surface area contributed by atoms with Crippen LogP contribution < -0.4 is 5.32 Å². The number of hydrogen-bond donors (Lipinski definition) is 1. The molecule has 0 atom stereocenters. The number of nitrogens with zero attached hydrogens (tertiary/aromatic N) is 2. The average Bonchev–Trinajstić information content (AvgIpc) is 3.21. The molecule has 1 N–H and O–H groups in total. The highest BCUT2D eigenvalue weighted by molar-refractivity contribution is 7.88. The summed E-state index contributed by atoms with van der Waals surface area (Å²) in [4.78, 5) is 0. The van der Waals surface area contributed by atoms with Crippen LogP contribution in [-0.4, -0.2) is 30.4 Å². The Morgan fingerprint density at radius 3 is 2.52 bits per heavy atom. The van der Waals surface area contributed by atoms with E-state index in [0.717, 1.165) is 22.6 Å². The maximum atomic E-state index is 12.9. The summed E-state index contributed by atoms with van der Waals surface area (Å²) in [5, 5.41) is 4.40. The summed E-state index contributed by atoms with van der Waals surface area (Å²) in [5.41, 5.74) is 3.76. The highest BCUT2D eigenvalue weighted by atomic mass is 35.5. The van der Waals surface area contributed by atoms with E-state index in [1.165, 1.54) is 0 Å². The van der Waals surface area contributed by atoms with Crippen molar-refractivity contribution >= 4 is 27.3 Å². The number of fused-ring (bicyclic) bond motifs is 4. The van der Waals surface area contributed by atoms with E-state index in [9.17, 15) is 8.42 Å². The number of sulfonamides is 1. The van der Waals surface area contributed by atoms with Crippen molar-refractivity contribution < 1.29 is 8.42 Å². The molecule has 0 bridgehead atoms. The van der Waals surface area contributed by atoms with E-state index in [2.05, 4.69) is 16.0 Å². The van der Waals surface area contributed by atoms with Gasteiger partial charge in [0.25, 0.3) is 0 Å².